The van der Waals surface area contributed by atoms with E-state index in [0.717, 1.165) is 0 Å². The van der Waals surface area contributed by atoms with E-state index in [4.69, 9.17) is 31.3 Å². The van der Waals surface area contributed by atoms with Crippen LogP contribution in [0.4, 0.5) is 0 Å². The summed E-state index contributed by atoms with van der Waals surface area (Å²) in [6.07, 6.45) is 1.12. The van der Waals surface area contributed by atoms with Crippen molar-refractivity contribution in [3.05, 3.63) is 12.2 Å². The highest BCUT2D eigenvalue weighted by Crippen LogP contribution is 1.93. The van der Waals surface area contributed by atoms with Gasteiger partial charge in [-0.2, -0.15) is 0 Å². The first-order chi connectivity index (χ1) is 7.31. The second-order valence-electron chi connectivity index (χ2n) is 2.85. The van der Waals surface area contributed by atoms with Crippen molar-refractivity contribution < 1.29 is 35.1 Å². The van der Waals surface area contributed by atoms with Gasteiger partial charge < -0.3 is 31.3 Å². The highest BCUT2D eigenvalue weighted by molar-refractivity contribution is 5.89. The Bertz CT molecular complexity index is 223. The fraction of sp³-hybridized carbons (Fsp3) is 0.500. The number of carbonyl (C=O) groups is 2. The summed E-state index contributed by atoms with van der Waals surface area (Å²) in [5.74, 6) is -2.51. The Kier molecular flexibility index (Phi) is 9.31. The summed E-state index contributed by atoms with van der Waals surface area (Å²) in [7, 11) is 0. The molecule has 94 valence electrons. The topological polar surface area (TPSA) is 161 Å². The first kappa shape index (κ1) is 16.9. The zero-order chi connectivity index (χ0) is 13.2. The SMILES string of the molecule is NC(CO)(CO)CO.O=[13C](O)/C=C/[13C](=O)O. The average Bonchev–Trinajstić information content (AvgIpc) is 2.26. The molecule has 0 atom stereocenters. The van der Waals surface area contributed by atoms with Crippen LogP contribution in [-0.4, -0.2) is 62.8 Å². The van der Waals surface area contributed by atoms with Gasteiger partial charge in [-0.25, -0.2) is 9.59 Å². The number of aliphatic carboxylic acids is 2. The molecule has 0 aliphatic rings. The standard InChI is InChI=1S/C4H11NO3.C4H4O4/c5-4(1-6,2-7)3-8;5-3(6)1-2-4(7)8/h6-8H,1-3,5H2;1-2H,(H,5,6)(H,7,8)/b;2-1+/i;3+1,4+1. The molecule has 0 fully saturated rings. The van der Waals surface area contributed by atoms with Gasteiger partial charge in [-0.05, 0) is 0 Å². The maximum atomic E-state index is 9.55. The summed E-state index contributed by atoms with van der Waals surface area (Å²) in [5.41, 5.74) is 3.94. The van der Waals surface area contributed by atoms with Crippen LogP contribution >= 0.6 is 0 Å². The highest BCUT2D eigenvalue weighted by Gasteiger charge is 2.20. The maximum absolute atomic E-state index is 9.55. The summed E-state index contributed by atoms with van der Waals surface area (Å²) in [5, 5.41) is 40.6. The predicted octanol–water partition coefficient (Wildman–Crippen LogP) is -2.63. The maximum Gasteiger partial charge on any atom is 0.328 e. The van der Waals surface area contributed by atoms with Crippen LogP contribution in [-0.2, 0) is 9.59 Å². The Hall–Kier alpha value is -1.48. The summed E-state index contributed by atoms with van der Waals surface area (Å²) in [4.78, 5) is 19.1. The highest BCUT2D eigenvalue weighted by atomic mass is 16.5. The molecule has 0 bridgehead atoms. The summed E-state index contributed by atoms with van der Waals surface area (Å²) in [6.45, 7) is -1.21. The number of hydrogen-bond donors (Lipinski definition) is 6. The van der Waals surface area contributed by atoms with E-state index in [1.807, 2.05) is 0 Å². The number of aliphatic hydroxyl groups is 3. The Balaban J connectivity index is 0. The molecule has 0 spiro atoms. The monoisotopic (exact) mass is 239 g/mol. The second kappa shape index (κ2) is 8.80. The van der Waals surface area contributed by atoms with E-state index < -0.39 is 37.3 Å². The molecule has 0 aliphatic heterocycles. The van der Waals surface area contributed by atoms with Gasteiger partial charge in [0.1, 0.15) is 0 Å². The molecule has 0 saturated carbocycles. The van der Waals surface area contributed by atoms with Crippen LogP contribution < -0.4 is 5.73 Å². The Morgan fingerprint density at radius 3 is 1.25 bits per heavy atom. The minimum Gasteiger partial charge on any atom is -0.478 e. The minimum absolute atomic E-state index is 0.403. The number of aliphatic hydroxyl groups excluding tert-OH is 3. The Labute approximate surface area is 91.2 Å². The van der Waals surface area contributed by atoms with E-state index in [1.165, 1.54) is 0 Å². The lowest BCUT2D eigenvalue weighted by atomic mass is 10.1. The van der Waals surface area contributed by atoms with Crippen molar-refractivity contribution in [2.24, 2.45) is 5.73 Å². The van der Waals surface area contributed by atoms with Gasteiger partial charge in [0, 0.05) is 12.2 Å². The molecule has 8 nitrogen and oxygen atoms in total. The molecular formula is C8H15NO7. The van der Waals surface area contributed by atoms with Gasteiger partial charge in [-0.1, -0.05) is 0 Å². The Morgan fingerprint density at radius 1 is 0.938 bits per heavy atom. The lowest BCUT2D eigenvalue weighted by molar-refractivity contribution is -0.134. The Morgan fingerprint density at radius 2 is 1.19 bits per heavy atom. The van der Waals surface area contributed by atoms with Crippen molar-refractivity contribution in [3.8, 4) is 0 Å². The van der Waals surface area contributed by atoms with Crippen LogP contribution in [0.1, 0.15) is 0 Å². The van der Waals surface area contributed by atoms with Crippen LogP contribution in [0.5, 0.6) is 0 Å². The predicted molar refractivity (Wildman–Crippen MR) is 52.6 cm³/mol. The van der Waals surface area contributed by atoms with Crippen LogP contribution in [0.2, 0.25) is 0 Å². The number of rotatable bonds is 5. The molecule has 0 aliphatic carbocycles. The van der Waals surface area contributed by atoms with E-state index in [-0.39, 0.29) is 0 Å². The smallest absolute Gasteiger partial charge is 0.328 e. The quantitative estimate of drug-likeness (QED) is 0.224. The molecule has 0 radical (unpaired) electrons. The third-order valence-electron chi connectivity index (χ3n) is 1.31. The lowest BCUT2D eigenvalue weighted by Gasteiger charge is -2.20. The van der Waals surface area contributed by atoms with Gasteiger partial charge in [0.25, 0.3) is 0 Å². The molecule has 0 unspecified atom stereocenters. The first-order valence-electron chi connectivity index (χ1n) is 4.06. The molecule has 0 rings (SSSR count). The third-order valence-corrected chi connectivity index (χ3v) is 1.31. The molecule has 0 heterocycles. The molecular weight excluding hydrogens is 224 g/mol. The molecule has 16 heavy (non-hydrogen) atoms. The van der Waals surface area contributed by atoms with Gasteiger partial charge >= 0.3 is 11.9 Å². The van der Waals surface area contributed by atoms with E-state index >= 15 is 0 Å². The zero-order valence-corrected chi connectivity index (χ0v) is 8.41. The van der Waals surface area contributed by atoms with E-state index in [0.29, 0.717) is 12.2 Å². The van der Waals surface area contributed by atoms with Crippen LogP contribution in [0.15, 0.2) is 12.2 Å². The van der Waals surface area contributed by atoms with E-state index in [2.05, 4.69) is 0 Å². The lowest BCUT2D eigenvalue weighted by Crippen LogP contribution is -2.50. The zero-order valence-electron chi connectivity index (χ0n) is 8.41. The first-order valence-corrected chi connectivity index (χ1v) is 4.06. The van der Waals surface area contributed by atoms with Gasteiger partial charge in [0.15, 0.2) is 0 Å². The van der Waals surface area contributed by atoms with Crippen LogP contribution in [0.3, 0.4) is 0 Å². The molecule has 0 aromatic heterocycles. The van der Waals surface area contributed by atoms with Gasteiger partial charge in [-0.15, -0.1) is 0 Å². The van der Waals surface area contributed by atoms with Gasteiger partial charge in [-0.3, -0.25) is 0 Å². The van der Waals surface area contributed by atoms with Crippen LogP contribution in [0, 0.1) is 0 Å². The molecule has 0 saturated heterocycles. The summed E-state index contributed by atoms with van der Waals surface area (Å²) >= 11 is 0. The average molecular weight is 239 g/mol. The van der Waals surface area contributed by atoms with E-state index in [1.54, 1.807) is 0 Å². The normalized spacial score (nSPS) is 10.8. The third kappa shape index (κ3) is 10.6. The molecule has 0 aromatic carbocycles. The number of carboxylic acid groups (broad SMARTS) is 2. The number of nitrogens with two attached hydrogens (primary N) is 1. The fourth-order valence-corrected chi connectivity index (χ4v) is 0.293. The summed E-state index contributed by atoms with van der Waals surface area (Å²) < 4.78 is 0. The number of hydrogen-bond acceptors (Lipinski definition) is 6. The van der Waals surface area contributed by atoms with Crippen molar-refractivity contribution >= 4 is 11.9 Å². The van der Waals surface area contributed by atoms with Gasteiger partial charge in [0.05, 0.1) is 25.4 Å². The van der Waals surface area contributed by atoms with Crippen LogP contribution in [0.25, 0.3) is 0 Å². The fourth-order valence-electron chi connectivity index (χ4n) is 0.293. The van der Waals surface area contributed by atoms with Crippen molar-refractivity contribution in [3.63, 3.8) is 0 Å². The largest absolute Gasteiger partial charge is 0.478 e. The number of carboxylic acids is 2. The molecule has 0 amide bonds. The molecule has 8 heteroatoms. The molecule has 7 N–H and O–H groups in total. The second-order valence-corrected chi connectivity index (χ2v) is 2.85. The minimum atomic E-state index is -1.26. The van der Waals surface area contributed by atoms with Crippen molar-refractivity contribution in [2.45, 2.75) is 5.54 Å². The van der Waals surface area contributed by atoms with Gasteiger partial charge in [0.2, 0.25) is 0 Å². The molecule has 0 aromatic rings. The van der Waals surface area contributed by atoms with Crippen molar-refractivity contribution in [1.82, 2.24) is 0 Å². The van der Waals surface area contributed by atoms with E-state index in [9.17, 15) is 9.59 Å². The summed E-state index contributed by atoms with van der Waals surface area (Å²) in [6, 6.07) is 0. The van der Waals surface area contributed by atoms with Crippen molar-refractivity contribution in [2.75, 3.05) is 19.8 Å². The van der Waals surface area contributed by atoms with Crippen molar-refractivity contribution in [1.29, 1.82) is 0 Å².